The highest BCUT2D eigenvalue weighted by Crippen LogP contribution is 2.29. The summed E-state index contributed by atoms with van der Waals surface area (Å²) in [6, 6.07) is 5.68. The van der Waals surface area contributed by atoms with E-state index in [2.05, 4.69) is 10.2 Å². The third-order valence-electron chi connectivity index (χ3n) is 2.53. The molecule has 0 saturated carbocycles. The van der Waals surface area contributed by atoms with Crippen LogP contribution in [-0.4, -0.2) is 26.2 Å². The molecule has 0 amide bonds. The number of benzene rings is 1. The second kappa shape index (κ2) is 3.75. The lowest BCUT2D eigenvalue weighted by Crippen LogP contribution is -2.44. The molecular weight excluding hydrogens is 176 g/mol. The van der Waals surface area contributed by atoms with E-state index in [-0.39, 0.29) is 0 Å². The largest absolute Gasteiger partial charge is 0.397 e. The first kappa shape index (κ1) is 9.15. The molecule has 1 aliphatic heterocycles. The van der Waals surface area contributed by atoms with Crippen LogP contribution in [0.2, 0.25) is 0 Å². The minimum Gasteiger partial charge on any atom is -0.397 e. The van der Waals surface area contributed by atoms with Crippen molar-refractivity contribution in [2.45, 2.75) is 0 Å². The lowest BCUT2D eigenvalue weighted by Gasteiger charge is -2.31. The molecule has 0 unspecified atom stereocenters. The van der Waals surface area contributed by atoms with Gasteiger partial charge in [-0.15, -0.1) is 0 Å². The van der Waals surface area contributed by atoms with Crippen molar-refractivity contribution in [2.24, 2.45) is 0 Å². The number of nitrogen functional groups attached to an aromatic ring is 2. The van der Waals surface area contributed by atoms with Crippen LogP contribution in [0.5, 0.6) is 0 Å². The molecule has 5 N–H and O–H groups in total. The molecule has 2 rings (SSSR count). The van der Waals surface area contributed by atoms with E-state index in [9.17, 15) is 0 Å². The molecule has 0 spiro atoms. The number of anilines is 3. The average molecular weight is 192 g/mol. The van der Waals surface area contributed by atoms with Gasteiger partial charge in [0.2, 0.25) is 0 Å². The summed E-state index contributed by atoms with van der Waals surface area (Å²) in [5.41, 5.74) is 14.4. The topological polar surface area (TPSA) is 67.3 Å². The third-order valence-corrected chi connectivity index (χ3v) is 2.53. The smallest absolute Gasteiger partial charge is 0.0834 e. The Bertz CT molecular complexity index is 298. The van der Waals surface area contributed by atoms with Gasteiger partial charge in [0.05, 0.1) is 17.1 Å². The van der Waals surface area contributed by atoms with E-state index in [1.54, 1.807) is 0 Å². The highest BCUT2D eigenvalue weighted by Gasteiger charge is 2.14. The van der Waals surface area contributed by atoms with Crippen LogP contribution in [0.1, 0.15) is 0 Å². The van der Waals surface area contributed by atoms with Crippen LogP contribution in [-0.2, 0) is 0 Å². The van der Waals surface area contributed by atoms with Gasteiger partial charge in [-0.05, 0) is 12.1 Å². The maximum absolute atomic E-state index is 5.91. The highest BCUT2D eigenvalue weighted by atomic mass is 15.2. The van der Waals surface area contributed by atoms with Crippen molar-refractivity contribution < 1.29 is 0 Å². The Balaban J connectivity index is 2.29. The summed E-state index contributed by atoms with van der Waals surface area (Å²) in [5.74, 6) is 0. The molecule has 0 radical (unpaired) electrons. The lowest BCUT2D eigenvalue weighted by molar-refractivity contribution is 0.590. The molecule has 4 heteroatoms. The van der Waals surface area contributed by atoms with Gasteiger partial charge in [-0.2, -0.15) is 0 Å². The lowest BCUT2D eigenvalue weighted by atomic mass is 10.2. The molecule has 1 aliphatic rings. The van der Waals surface area contributed by atoms with Gasteiger partial charge >= 0.3 is 0 Å². The van der Waals surface area contributed by atoms with Crippen LogP contribution in [0.25, 0.3) is 0 Å². The van der Waals surface area contributed by atoms with Crippen molar-refractivity contribution in [1.82, 2.24) is 5.32 Å². The number of rotatable bonds is 1. The maximum atomic E-state index is 5.91. The summed E-state index contributed by atoms with van der Waals surface area (Å²) in [7, 11) is 0. The fourth-order valence-electron chi connectivity index (χ4n) is 1.83. The molecule has 1 saturated heterocycles. The molecule has 1 fully saturated rings. The van der Waals surface area contributed by atoms with Crippen molar-refractivity contribution >= 4 is 17.1 Å². The summed E-state index contributed by atoms with van der Waals surface area (Å²) in [6.45, 7) is 3.93. The van der Waals surface area contributed by atoms with Gasteiger partial charge in [-0.1, -0.05) is 6.07 Å². The fraction of sp³-hybridized carbons (Fsp3) is 0.400. The molecule has 1 heterocycles. The molecule has 0 aromatic heterocycles. The summed E-state index contributed by atoms with van der Waals surface area (Å²) in [4.78, 5) is 2.24. The minimum atomic E-state index is 0.770. The van der Waals surface area contributed by atoms with Gasteiger partial charge < -0.3 is 21.7 Å². The number of hydrogen-bond donors (Lipinski definition) is 3. The number of piperazine rings is 1. The molecule has 1 aromatic rings. The van der Waals surface area contributed by atoms with Crippen LogP contribution in [0.4, 0.5) is 17.1 Å². The second-order valence-electron chi connectivity index (χ2n) is 3.52. The predicted molar refractivity (Wildman–Crippen MR) is 60.3 cm³/mol. The van der Waals surface area contributed by atoms with Gasteiger partial charge in [-0.25, -0.2) is 0 Å². The van der Waals surface area contributed by atoms with Crippen molar-refractivity contribution in [3.63, 3.8) is 0 Å². The minimum absolute atomic E-state index is 0.770. The zero-order valence-electron chi connectivity index (χ0n) is 8.16. The summed E-state index contributed by atoms with van der Waals surface area (Å²) in [6.07, 6.45) is 0. The molecule has 0 atom stereocenters. The molecule has 0 aliphatic carbocycles. The van der Waals surface area contributed by atoms with Gasteiger partial charge in [0.15, 0.2) is 0 Å². The molecule has 1 aromatic carbocycles. The van der Waals surface area contributed by atoms with Crippen LogP contribution in [0.3, 0.4) is 0 Å². The number of nitrogens with two attached hydrogens (primary N) is 2. The first-order valence-electron chi connectivity index (χ1n) is 4.88. The predicted octanol–water partition coefficient (Wildman–Crippen LogP) is 0.261. The second-order valence-corrected chi connectivity index (χ2v) is 3.52. The van der Waals surface area contributed by atoms with E-state index in [4.69, 9.17) is 11.5 Å². The van der Waals surface area contributed by atoms with E-state index in [0.29, 0.717) is 0 Å². The van der Waals surface area contributed by atoms with Crippen molar-refractivity contribution in [3.8, 4) is 0 Å². The zero-order chi connectivity index (χ0) is 9.97. The molecule has 4 nitrogen and oxygen atoms in total. The monoisotopic (exact) mass is 192 g/mol. The van der Waals surface area contributed by atoms with E-state index in [1.807, 2.05) is 18.2 Å². The third kappa shape index (κ3) is 1.61. The Labute approximate surface area is 83.9 Å². The van der Waals surface area contributed by atoms with Gasteiger partial charge in [0.1, 0.15) is 0 Å². The molecule has 0 bridgehead atoms. The van der Waals surface area contributed by atoms with E-state index in [0.717, 1.165) is 43.2 Å². The highest BCUT2D eigenvalue weighted by molar-refractivity contribution is 5.80. The Morgan fingerprint density at radius 3 is 2.21 bits per heavy atom. The fourth-order valence-corrected chi connectivity index (χ4v) is 1.83. The summed E-state index contributed by atoms with van der Waals surface area (Å²) < 4.78 is 0. The van der Waals surface area contributed by atoms with Crippen molar-refractivity contribution in [2.75, 3.05) is 42.5 Å². The quantitative estimate of drug-likeness (QED) is 0.558. The Morgan fingerprint density at radius 1 is 1.07 bits per heavy atom. The van der Waals surface area contributed by atoms with Crippen LogP contribution in [0.15, 0.2) is 18.2 Å². The van der Waals surface area contributed by atoms with Crippen LogP contribution in [0, 0.1) is 0 Å². The number of para-hydroxylation sites is 1. The molecule has 14 heavy (non-hydrogen) atoms. The average Bonchev–Trinajstić information content (AvgIpc) is 2.19. The van der Waals surface area contributed by atoms with E-state index >= 15 is 0 Å². The van der Waals surface area contributed by atoms with E-state index in [1.165, 1.54) is 0 Å². The molecular formula is C10H16N4. The Kier molecular flexibility index (Phi) is 2.45. The van der Waals surface area contributed by atoms with Crippen molar-refractivity contribution in [3.05, 3.63) is 18.2 Å². The number of nitrogens with zero attached hydrogens (tertiary/aromatic N) is 1. The van der Waals surface area contributed by atoms with Gasteiger partial charge in [0, 0.05) is 26.2 Å². The summed E-state index contributed by atoms with van der Waals surface area (Å²) in [5, 5.41) is 3.30. The SMILES string of the molecule is Nc1cccc(N)c1N1CCNCC1. The Hall–Kier alpha value is -1.42. The van der Waals surface area contributed by atoms with Gasteiger partial charge in [0.25, 0.3) is 0 Å². The number of hydrogen-bond acceptors (Lipinski definition) is 4. The zero-order valence-corrected chi connectivity index (χ0v) is 8.16. The Morgan fingerprint density at radius 2 is 1.64 bits per heavy atom. The number of nitrogens with one attached hydrogen (secondary N) is 1. The first-order chi connectivity index (χ1) is 6.79. The standard InChI is InChI=1S/C10H16N4/c11-8-2-1-3-9(12)10(8)14-6-4-13-5-7-14/h1-3,13H,4-7,11-12H2. The maximum Gasteiger partial charge on any atom is 0.0834 e. The summed E-state index contributed by atoms with van der Waals surface area (Å²) >= 11 is 0. The molecule has 76 valence electrons. The van der Waals surface area contributed by atoms with Crippen molar-refractivity contribution in [1.29, 1.82) is 0 Å². The van der Waals surface area contributed by atoms with Crippen LogP contribution >= 0.6 is 0 Å². The van der Waals surface area contributed by atoms with E-state index < -0.39 is 0 Å². The normalized spacial score (nSPS) is 17.0. The van der Waals surface area contributed by atoms with Crippen LogP contribution < -0.4 is 21.7 Å². The first-order valence-corrected chi connectivity index (χ1v) is 4.88. The van der Waals surface area contributed by atoms with Gasteiger partial charge in [-0.3, -0.25) is 0 Å².